The molecule has 2 aromatic rings. The molecular formula is C18H23N3O2S. The second-order valence-corrected chi connectivity index (χ2v) is 7.42. The topological polar surface area (TPSA) is 66.3 Å². The highest BCUT2D eigenvalue weighted by atomic mass is 32.1. The lowest BCUT2D eigenvalue weighted by Crippen LogP contribution is -2.48. The number of aromatic nitrogens is 2. The number of rotatable bonds is 5. The van der Waals surface area contributed by atoms with E-state index in [1.165, 1.54) is 5.56 Å². The normalized spacial score (nSPS) is 21.0. The van der Waals surface area contributed by atoms with Crippen molar-refractivity contribution in [1.29, 1.82) is 0 Å². The molecule has 5 nitrogen and oxygen atoms in total. The number of hydrogen-bond donors (Lipinski definition) is 1. The number of aryl methyl sites for hydroxylation is 2. The maximum atomic E-state index is 12.7. The Labute approximate surface area is 146 Å². The second-order valence-electron chi connectivity index (χ2n) is 6.66. The van der Waals surface area contributed by atoms with E-state index in [4.69, 9.17) is 0 Å². The van der Waals surface area contributed by atoms with E-state index in [9.17, 15) is 9.90 Å². The number of hydrogen-bond acceptors (Lipinski definition) is 5. The molecule has 3 rings (SSSR count). The van der Waals surface area contributed by atoms with Gasteiger partial charge in [0, 0.05) is 18.5 Å². The van der Waals surface area contributed by atoms with Crippen LogP contribution < -0.4 is 0 Å². The smallest absolute Gasteiger partial charge is 0.267 e. The van der Waals surface area contributed by atoms with Gasteiger partial charge in [0.05, 0.1) is 12.3 Å². The third-order valence-electron chi connectivity index (χ3n) is 4.92. The van der Waals surface area contributed by atoms with Gasteiger partial charge in [-0.25, -0.2) is 0 Å². The number of amides is 1. The molecule has 1 fully saturated rings. The van der Waals surface area contributed by atoms with Gasteiger partial charge in [0.15, 0.2) is 0 Å². The maximum Gasteiger partial charge on any atom is 0.267 e. The number of benzene rings is 1. The van der Waals surface area contributed by atoms with Gasteiger partial charge in [0.2, 0.25) is 0 Å². The number of aliphatic hydroxyl groups is 1. The fourth-order valence-electron chi connectivity index (χ4n) is 3.42. The van der Waals surface area contributed by atoms with Gasteiger partial charge < -0.3 is 10.0 Å². The summed E-state index contributed by atoms with van der Waals surface area (Å²) >= 11 is 1.15. The van der Waals surface area contributed by atoms with E-state index in [1.807, 2.05) is 30.0 Å². The minimum Gasteiger partial charge on any atom is -0.396 e. The predicted octanol–water partition coefficient (Wildman–Crippen LogP) is 2.69. The zero-order chi connectivity index (χ0) is 17.0. The summed E-state index contributed by atoms with van der Waals surface area (Å²) in [7, 11) is 0. The molecule has 0 radical (unpaired) electrons. The van der Waals surface area contributed by atoms with Crippen molar-refractivity contribution in [2.45, 2.75) is 32.6 Å². The summed E-state index contributed by atoms with van der Waals surface area (Å²) in [5, 5.41) is 14.0. The number of piperidine rings is 1. The summed E-state index contributed by atoms with van der Waals surface area (Å²) in [6.45, 7) is 3.27. The van der Waals surface area contributed by atoms with Gasteiger partial charge in [0.1, 0.15) is 4.88 Å². The fraction of sp³-hybridized carbons (Fsp3) is 0.500. The highest BCUT2D eigenvalue weighted by molar-refractivity contribution is 7.07. The zero-order valence-electron chi connectivity index (χ0n) is 13.9. The largest absolute Gasteiger partial charge is 0.396 e. The predicted molar refractivity (Wildman–Crippen MR) is 94.1 cm³/mol. The van der Waals surface area contributed by atoms with Gasteiger partial charge in [-0.15, -0.1) is 5.10 Å². The van der Waals surface area contributed by atoms with E-state index in [1.54, 1.807) is 0 Å². The fourth-order valence-corrected chi connectivity index (χ4v) is 4.04. The quantitative estimate of drug-likeness (QED) is 0.905. The molecular weight excluding hydrogens is 322 g/mol. The molecule has 1 N–H and O–H groups in total. The lowest BCUT2D eigenvalue weighted by molar-refractivity contribution is 0.0230. The molecule has 1 aliphatic heterocycles. The molecule has 6 heteroatoms. The summed E-state index contributed by atoms with van der Waals surface area (Å²) < 4.78 is 3.86. The highest BCUT2D eigenvalue weighted by Gasteiger charge is 2.37. The SMILES string of the molecule is Cc1nnsc1C(=O)N1CCC[C@](CO)(CCc2ccccc2)C1. The van der Waals surface area contributed by atoms with Gasteiger partial charge >= 0.3 is 0 Å². The van der Waals surface area contributed by atoms with Crippen molar-refractivity contribution in [3.63, 3.8) is 0 Å². The molecule has 1 amide bonds. The second kappa shape index (κ2) is 7.40. The van der Waals surface area contributed by atoms with Crippen LogP contribution in [0.4, 0.5) is 0 Å². The van der Waals surface area contributed by atoms with Crippen LogP contribution in [0.1, 0.15) is 40.2 Å². The van der Waals surface area contributed by atoms with Gasteiger partial charge in [-0.05, 0) is 49.7 Å². The molecule has 0 unspecified atom stereocenters. The van der Waals surface area contributed by atoms with Gasteiger partial charge in [-0.1, -0.05) is 34.8 Å². The van der Waals surface area contributed by atoms with Crippen LogP contribution in [0, 0.1) is 12.3 Å². The Morgan fingerprint density at radius 1 is 1.38 bits per heavy atom. The van der Waals surface area contributed by atoms with Crippen molar-refractivity contribution in [3.05, 3.63) is 46.5 Å². The third kappa shape index (κ3) is 3.65. The molecule has 24 heavy (non-hydrogen) atoms. The van der Waals surface area contributed by atoms with Crippen LogP contribution in [0.15, 0.2) is 30.3 Å². The van der Waals surface area contributed by atoms with Crippen molar-refractivity contribution < 1.29 is 9.90 Å². The first kappa shape index (κ1) is 17.0. The lowest BCUT2D eigenvalue weighted by atomic mass is 9.76. The van der Waals surface area contributed by atoms with Crippen LogP contribution in [-0.2, 0) is 6.42 Å². The van der Waals surface area contributed by atoms with E-state index < -0.39 is 0 Å². The first-order valence-electron chi connectivity index (χ1n) is 8.37. The first-order chi connectivity index (χ1) is 11.6. The zero-order valence-corrected chi connectivity index (χ0v) is 14.8. The van der Waals surface area contributed by atoms with E-state index in [2.05, 4.69) is 21.7 Å². The van der Waals surface area contributed by atoms with Gasteiger partial charge in [-0.2, -0.15) is 0 Å². The number of nitrogens with zero attached hydrogens (tertiary/aromatic N) is 3. The van der Waals surface area contributed by atoms with Crippen LogP contribution in [-0.4, -0.2) is 45.2 Å². The van der Waals surface area contributed by atoms with Crippen molar-refractivity contribution >= 4 is 17.4 Å². The Hall–Kier alpha value is -1.79. The molecule has 128 valence electrons. The maximum absolute atomic E-state index is 12.7. The Morgan fingerprint density at radius 3 is 2.83 bits per heavy atom. The lowest BCUT2D eigenvalue weighted by Gasteiger charge is -2.42. The summed E-state index contributed by atoms with van der Waals surface area (Å²) in [4.78, 5) is 15.2. The minimum absolute atomic E-state index is 0.000244. The molecule has 0 bridgehead atoms. The summed E-state index contributed by atoms with van der Waals surface area (Å²) in [5.41, 5.74) is 1.75. The van der Waals surface area contributed by atoms with Gasteiger partial charge in [0.25, 0.3) is 5.91 Å². The van der Waals surface area contributed by atoms with Crippen LogP contribution in [0.5, 0.6) is 0 Å². The average molecular weight is 345 g/mol. The minimum atomic E-state index is -0.213. The summed E-state index contributed by atoms with van der Waals surface area (Å²) in [5.74, 6) is -0.000244. The Morgan fingerprint density at radius 2 is 2.17 bits per heavy atom. The standard InChI is InChI=1S/C18H23N3O2S/c1-14-16(24-20-19-14)17(23)21-11-5-9-18(12-21,13-22)10-8-15-6-3-2-4-7-15/h2-4,6-7,22H,5,8-13H2,1H3/t18-/m0/s1. The van der Waals surface area contributed by atoms with Crippen LogP contribution >= 0.6 is 11.5 Å². The van der Waals surface area contributed by atoms with E-state index in [-0.39, 0.29) is 17.9 Å². The van der Waals surface area contributed by atoms with E-state index >= 15 is 0 Å². The molecule has 2 heterocycles. The molecule has 0 spiro atoms. The summed E-state index contributed by atoms with van der Waals surface area (Å²) in [6, 6.07) is 10.3. The van der Waals surface area contributed by atoms with Crippen LogP contribution in [0.3, 0.4) is 0 Å². The van der Waals surface area contributed by atoms with E-state index in [0.29, 0.717) is 17.1 Å². The number of carbonyl (C=O) groups excluding carboxylic acids is 1. The first-order valence-corrected chi connectivity index (χ1v) is 9.14. The number of aliphatic hydroxyl groups excluding tert-OH is 1. The van der Waals surface area contributed by atoms with Crippen molar-refractivity contribution in [1.82, 2.24) is 14.5 Å². The molecule has 0 saturated carbocycles. The number of carbonyl (C=O) groups is 1. The van der Waals surface area contributed by atoms with Crippen molar-refractivity contribution in [2.75, 3.05) is 19.7 Å². The molecule has 1 aliphatic rings. The monoisotopic (exact) mass is 345 g/mol. The Kier molecular flexibility index (Phi) is 5.26. The molecule has 1 aromatic heterocycles. The Bertz CT molecular complexity index is 689. The Balaban J connectivity index is 1.70. The molecule has 1 atom stereocenters. The van der Waals surface area contributed by atoms with Gasteiger partial charge in [-0.3, -0.25) is 4.79 Å². The highest BCUT2D eigenvalue weighted by Crippen LogP contribution is 2.35. The third-order valence-corrected chi connectivity index (χ3v) is 5.73. The van der Waals surface area contributed by atoms with Crippen molar-refractivity contribution in [2.24, 2.45) is 5.41 Å². The molecule has 1 aromatic carbocycles. The number of likely N-dealkylation sites (tertiary alicyclic amines) is 1. The molecule has 1 saturated heterocycles. The summed E-state index contributed by atoms with van der Waals surface area (Å²) in [6.07, 6.45) is 3.69. The average Bonchev–Trinajstić information content (AvgIpc) is 3.06. The van der Waals surface area contributed by atoms with Crippen LogP contribution in [0.2, 0.25) is 0 Å². The molecule has 0 aliphatic carbocycles. The van der Waals surface area contributed by atoms with Crippen molar-refractivity contribution in [3.8, 4) is 0 Å². The van der Waals surface area contributed by atoms with Crippen LogP contribution in [0.25, 0.3) is 0 Å². The van der Waals surface area contributed by atoms with E-state index in [0.717, 1.165) is 43.8 Å².